The van der Waals surface area contributed by atoms with Crippen molar-refractivity contribution in [2.24, 2.45) is 5.92 Å². The number of nitrogens with zero attached hydrogens (tertiary/aromatic N) is 1. The fourth-order valence-corrected chi connectivity index (χ4v) is 4.61. The number of hydrogen-bond acceptors (Lipinski definition) is 4. The quantitative estimate of drug-likeness (QED) is 0.212. The molecule has 5 rings (SSSR count). The maximum absolute atomic E-state index is 12.7. The average Bonchev–Trinajstić information content (AvgIpc) is 3.69. The highest BCUT2D eigenvalue weighted by molar-refractivity contribution is 6.08. The van der Waals surface area contributed by atoms with Gasteiger partial charge in [-0.25, -0.2) is 4.79 Å². The summed E-state index contributed by atoms with van der Waals surface area (Å²) in [6.07, 6.45) is 4.47. The smallest absolute Gasteiger partial charge is 0.353 e. The van der Waals surface area contributed by atoms with Crippen LogP contribution in [-0.2, 0) is 6.54 Å². The standard InChI is InChI=1S/C31H33NO5/c1-3-4-16-36-26-14-15-28-27(18-26)29(23-10-12-24(13-11-23)37-20-21-8-9-21)30(31(33)34)32(28)19-22-6-5-7-25(17-22)35-2/h5-7,10-15,17-18,21H,3-4,8-9,16,19-20H2,1-2H3,(H,33,34). The summed E-state index contributed by atoms with van der Waals surface area (Å²) in [6, 6.07) is 21.3. The molecular formula is C31H33NO5. The summed E-state index contributed by atoms with van der Waals surface area (Å²) in [5.74, 6) is 1.97. The maximum atomic E-state index is 12.7. The van der Waals surface area contributed by atoms with Crippen LogP contribution in [0.5, 0.6) is 17.2 Å². The highest BCUT2D eigenvalue weighted by atomic mass is 16.5. The Labute approximate surface area is 217 Å². The van der Waals surface area contributed by atoms with E-state index in [-0.39, 0.29) is 5.69 Å². The Bertz CT molecular complexity index is 1380. The lowest BCUT2D eigenvalue weighted by Crippen LogP contribution is -2.10. The lowest BCUT2D eigenvalue weighted by atomic mass is 10.0. The molecule has 0 saturated heterocycles. The molecule has 6 nitrogen and oxygen atoms in total. The van der Waals surface area contributed by atoms with Crippen LogP contribution < -0.4 is 14.2 Å². The molecule has 0 aliphatic heterocycles. The monoisotopic (exact) mass is 499 g/mol. The van der Waals surface area contributed by atoms with Crippen molar-refractivity contribution in [3.63, 3.8) is 0 Å². The normalized spacial score (nSPS) is 13.0. The molecule has 1 aliphatic carbocycles. The Balaban J connectivity index is 1.60. The van der Waals surface area contributed by atoms with Crippen molar-refractivity contribution in [2.45, 2.75) is 39.2 Å². The largest absolute Gasteiger partial charge is 0.497 e. The predicted molar refractivity (Wildman–Crippen MR) is 145 cm³/mol. The zero-order valence-corrected chi connectivity index (χ0v) is 21.4. The summed E-state index contributed by atoms with van der Waals surface area (Å²) >= 11 is 0. The van der Waals surface area contributed by atoms with Gasteiger partial charge < -0.3 is 23.9 Å². The van der Waals surface area contributed by atoms with Crippen LogP contribution in [0.15, 0.2) is 66.7 Å². The maximum Gasteiger partial charge on any atom is 0.353 e. The highest BCUT2D eigenvalue weighted by Gasteiger charge is 2.25. The van der Waals surface area contributed by atoms with Crippen molar-refractivity contribution < 1.29 is 24.1 Å². The summed E-state index contributed by atoms with van der Waals surface area (Å²) in [5, 5.41) is 11.3. The first-order valence-corrected chi connectivity index (χ1v) is 13.0. The van der Waals surface area contributed by atoms with Gasteiger partial charge in [-0.05, 0) is 78.8 Å². The second kappa shape index (κ2) is 11.0. The van der Waals surface area contributed by atoms with E-state index in [4.69, 9.17) is 14.2 Å². The number of carbonyl (C=O) groups is 1. The molecule has 1 aliphatic rings. The fraction of sp³-hybridized carbons (Fsp3) is 0.323. The van der Waals surface area contributed by atoms with Crippen LogP contribution in [0.4, 0.5) is 0 Å². The number of carboxylic acid groups (broad SMARTS) is 1. The van der Waals surface area contributed by atoms with Gasteiger partial charge >= 0.3 is 5.97 Å². The lowest BCUT2D eigenvalue weighted by Gasteiger charge is -2.11. The van der Waals surface area contributed by atoms with Gasteiger partial charge in [0, 0.05) is 23.0 Å². The number of ether oxygens (including phenoxy) is 3. The lowest BCUT2D eigenvalue weighted by molar-refractivity contribution is 0.0687. The molecule has 1 aromatic heterocycles. The van der Waals surface area contributed by atoms with Crippen molar-refractivity contribution in [2.75, 3.05) is 20.3 Å². The van der Waals surface area contributed by atoms with Crippen LogP contribution in [0.25, 0.3) is 22.0 Å². The van der Waals surface area contributed by atoms with Crippen molar-refractivity contribution in [3.8, 4) is 28.4 Å². The van der Waals surface area contributed by atoms with Crippen LogP contribution in [-0.4, -0.2) is 36.0 Å². The van der Waals surface area contributed by atoms with Crippen LogP contribution in [0.3, 0.4) is 0 Å². The Kier molecular flexibility index (Phi) is 7.35. The first kappa shape index (κ1) is 24.8. The van der Waals surface area contributed by atoms with Gasteiger partial charge in [0.15, 0.2) is 0 Å². The molecular weight excluding hydrogens is 466 g/mol. The average molecular weight is 500 g/mol. The number of rotatable bonds is 12. The van der Waals surface area contributed by atoms with E-state index >= 15 is 0 Å². The molecule has 0 bridgehead atoms. The molecule has 4 aromatic rings. The van der Waals surface area contributed by atoms with E-state index in [0.717, 1.165) is 58.7 Å². The molecule has 0 amide bonds. The van der Waals surface area contributed by atoms with Gasteiger partial charge in [-0.1, -0.05) is 37.6 Å². The number of methoxy groups -OCH3 is 1. The van der Waals surface area contributed by atoms with E-state index in [1.54, 1.807) is 7.11 Å². The summed E-state index contributed by atoms with van der Waals surface area (Å²) in [6.45, 7) is 3.88. The third-order valence-electron chi connectivity index (χ3n) is 6.80. The van der Waals surface area contributed by atoms with E-state index in [0.29, 0.717) is 24.6 Å². The molecule has 6 heteroatoms. The number of aromatic carboxylic acids is 1. The summed E-state index contributed by atoms with van der Waals surface area (Å²) in [7, 11) is 1.63. The Hall–Kier alpha value is -3.93. The van der Waals surface area contributed by atoms with Gasteiger partial charge in [0.25, 0.3) is 0 Å². The van der Waals surface area contributed by atoms with Crippen molar-refractivity contribution in [1.29, 1.82) is 0 Å². The second-order valence-corrected chi connectivity index (χ2v) is 9.63. The zero-order chi connectivity index (χ0) is 25.8. The third-order valence-corrected chi connectivity index (χ3v) is 6.80. The van der Waals surface area contributed by atoms with Crippen LogP contribution in [0.2, 0.25) is 0 Å². The van der Waals surface area contributed by atoms with Gasteiger partial charge in [-0.3, -0.25) is 0 Å². The molecule has 3 aromatic carbocycles. The minimum absolute atomic E-state index is 0.246. The van der Waals surface area contributed by atoms with Crippen molar-refractivity contribution in [1.82, 2.24) is 4.57 Å². The Morgan fingerprint density at radius 2 is 1.76 bits per heavy atom. The molecule has 0 spiro atoms. The van der Waals surface area contributed by atoms with Gasteiger partial charge in [0.05, 0.1) is 20.3 Å². The SMILES string of the molecule is CCCCOc1ccc2c(c1)c(-c1ccc(OCC3CC3)cc1)c(C(=O)O)n2Cc1cccc(OC)c1. The minimum atomic E-state index is -0.975. The highest BCUT2D eigenvalue weighted by Crippen LogP contribution is 2.39. The fourth-order valence-electron chi connectivity index (χ4n) is 4.61. The van der Waals surface area contributed by atoms with Crippen LogP contribution in [0.1, 0.15) is 48.7 Å². The molecule has 1 saturated carbocycles. The first-order chi connectivity index (χ1) is 18.1. The first-order valence-electron chi connectivity index (χ1n) is 13.0. The molecule has 192 valence electrons. The number of hydrogen-bond donors (Lipinski definition) is 1. The van der Waals surface area contributed by atoms with Gasteiger partial charge in [0.1, 0.15) is 22.9 Å². The predicted octanol–water partition coefficient (Wildman–Crippen LogP) is 7.03. The van der Waals surface area contributed by atoms with Crippen LogP contribution >= 0.6 is 0 Å². The van der Waals surface area contributed by atoms with Crippen LogP contribution in [0, 0.1) is 5.92 Å². The molecule has 1 heterocycles. The number of carboxylic acids is 1. The summed E-state index contributed by atoms with van der Waals surface area (Å²) < 4.78 is 19.2. The van der Waals surface area contributed by atoms with Gasteiger partial charge in [-0.15, -0.1) is 0 Å². The Morgan fingerprint density at radius 1 is 0.973 bits per heavy atom. The van der Waals surface area contributed by atoms with Gasteiger partial charge in [-0.2, -0.15) is 0 Å². The number of unbranched alkanes of at least 4 members (excludes halogenated alkanes) is 1. The number of aromatic nitrogens is 1. The van der Waals surface area contributed by atoms with E-state index in [9.17, 15) is 9.90 Å². The molecule has 0 unspecified atom stereocenters. The molecule has 1 fully saturated rings. The minimum Gasteiger partial charge on any atom is -0.497 e. The topological polar surface area (TPSA) is 69.9 Å². The van der Waals surface area contributed by atoms with Gasteiger partial charge in [0.2, 0.25) is 0 Å². The van der Waals surface area contributed by atoms with E-state index in [1.165, 1.54) is 12.8 Å². The molecule has 0 atom stereocenters. The molecule has 1 N–H and O–H groups in total. The van der Waals surface area contributed by atoms with E-state index in [1.807, 2.05) is 71.3 Å². The second-order valence-electron chi connectivity index (χ2n) is 9.63. The number of fused-ring (bicyclic) bond motifs is 1. The van der Waals surface area contributed by atoms with E-state index < -0.39 is 5.97 Å². The summed E-state index contributed by atoms with van der Waals surface area (Å²) in [4.78, 5) is 12.7. The third kappa shape index (κ3) is 5.58. The number of benzene rings is 3. The Morgan fingerprint density at radius 3 is 2.46 bits per heavy atom. The van der Waals surface area contributed by atoms with Crippen molar-refractivity contribution in [3.05, 3.63) is 78.0 Å². The van der Waals surface area contributed by atoms with Crippen molar-refractivity contribution >= 4 is 16.9 Å². The summed E-state index contributed by atoms with van der Waals surface area (Å²) in [5.41, 5.74) is 3.55. The molecule has 37 heavy (non-hydrogen) atoms. The zero-order valence-electron chi connectivity index (χ0n) is 21.4. The molecule has 0 radical (unpaired) electrons. The van der Waals surface area contributed by atoms with E-state index in [2.05, 4.69) is 6.92 Å².